The molecule has 0 fully saturated rings. The van der Waals surface area contributed by atoms with Crippen molar-refractivity contribution < 1.29 is 8.42 Å². The van der Waals surface area contributed by atoms with Crippen LogP contribution in [0.15, 0.2) is 65.8 Å². The van der Waals surface area contributed by atoms with E-state index in [0.29, 0.717) is 18.2 Å². The van der Waals surface area contributed by atoms with Crippen LogP contribution in [-0.4, -0.2) is 36.3 Å². The van der Waals surface area contributed by atoms with Crippen LogP contribution in [0.5, 0.6) is 0 Å². The van der Waals surface area contributed by atoms with Crippen molar-refractivity contribution in [1.29, 1.82) is 5.26 Å². The minimum absolute atomic E-state index is 0.0293. The molecule has 0 saturated heterocycles. The topological polar surface area (TPSA) is 113 Å². The van der Waals surface area contributed by atoms with Gasteiger partial charge in [0.15, 0.2) is 5.82 Å². The lowest BCUT2D eigenvalue weighted by Crippen LogP contribution is -2.29. The summed E-state index contributed by atoms with van der Waals surface area (Å²) < 4.78 is 28.8. The van der Waals surface area contributed by atoms with Gasteiger partial charge in [-0.05, 0) is 36.4 Å². The molecule has 0 spiro atoms. The highest BCUT2D eigenvalue weighted by Gasteiger charge is 2.17. The number of nitriles is 1. The molecule has 3 aromatic rings. The van der Waals surface area contributed by atoms with E-state index in [9.17, 15) is 8.42 Å². The van der Waals surface area contributed by atoms with Crippen LogP contribution >= 0.6 is 0 Å². The summed E-state index contributed by atoms with van der Waals surface area (Å²) in [7, 11) is -3.75. The van der Waals surface area contributed by atoms with Gasteiger partial charge in [0.2, 0.25) is 10.0 Å². The molecular weight excluding hydrogens is 352 g/mol. The number of anilines is 1. The van der Waals surface area contributed by atoms with Gasteiger partial charge in [0, 0.05) is 25.5 Å². The Morgan fingerprint density at radius 1 is 1.00 bits per heavy atom. The average molecular weight is 368 g/mol. The molecule has 0 amide bonds. The van der Waals surface area contributed by atoms with Gasteiger partial charge in [0.25, 0.3) is 0 Å². The molecule has 2 heterocycles. The number of benzene rings is 1. The second-order valence-electron chi connectivity index (χ2n) is 5.30. The molecule has 0 aliphatic carbocycles. The quantitative estimate of drug-likeness (QED) is 0.612. The lowest BCUT2D eigenvalue weighted by molar-refractivity contribution is 0.582. The van der Waals surface area contributed by atoms with Gasteiger partial charge in [-0.1, -0.05) is 12.1 Å². The van der Waals surface area contributed by atoms with E-state index in [1.807, 2.05) is 41.2 Å². The number of nitrogens with one attached hydrogen (secondary N) is 2. The van der Waals surface area contributed by atoms with Gasteiger partial charge < -0.3 is 9.88 Å². The molecule has 0 saturated carbocycles. The van der Waals surface area contributed by atoms with Crippen molar-refractivity contribution in [2.75, 3.05) is 18.4 Å². The number of sulfonamides is 1. The van der Waals surface area contributed by atoms with Crippen LogP contribution in [0.1, 0.15) is 5.56 Å². The Labute approximate surface area is 151 Å². The van der Waals surface area contributed by atoms with Crippen molar-refractivity contribution in [2.45, 2.75) is 4.90 Å². The summed E-state index contributed by atoms with van der Waals surface area (Å²) in [6.45, 7) is 0.467. The van der Waals surface area contributed by atoms with Crippen LogP contribution in [0, 0.1) is 11.3 Å². The molecular formula is C17H16N6O2S. The summed E-state index contributed by atoms with van der Waals surface area (Å²) in [6.07, 6.45) is 3.73. The zero-order valence-electron chi connectivity index (χ0n) is 13.7. The first kappa shape index (κ1) is 17.6. The predicted octanol–water partition coefficient (Wildman–Crippen LogP) is 1.53. The van der Waals surface area contributed by atoms with E-state index in [-0.39, 0.29) is 17.0 Å². The van der Waals surface area contributed by atoms with Crippen LogP contribution in [0.25, 0.3) is 5.82 Å². The number of rotatable bonds is 7. The highest BCUT2D eigenvalue weighted by atomic mass is 32.2. The number of hydrogen-bond acceptors (Lipinski definition) is 6. The second kappa shape index (κ2) is 7.77. The fourth-order valence-corrected chi connectivity index (χ4v) is 3.48. The van der Waals surface area contributed by atoms with E-state index in [1.54, 1.807) is 18.2 Å². The molecule has 26 heavy (non-hydrogen) atoms. The summed E-state index contributed by atoms with van der Waals surface area (Å²) in [5.41, 5.74) is 0.111. The van der Waals surface area contributed by atoms with Crippen LogP contribution in [0.2, 0.25) is 0 Å². The van der Waals surface area contributed by atoms with Gasteiger partial charge in [0.1, 0.15) is 11.9 Å². The van der Waals surface area contributed by atoms with Crippen molar-refractivity contribution in [2.24, 2.45) is 0 Å². The Morgan fingerprint density at radius 3 is 2.46 bits per heavy atom. The molecule has 3 rings (SSSR count). The number of nitrogens with zero attached hydrogens (tertiary/aromatic N) is 4. The van der Waals surface area contributed by atoms with E-state index < -0.39 is 10.0 Å². The maximum absolute atomic E-state index is 12.3. The van der Waals surface area contributed by atoms with E-state index in [0.717, 1.165) is 0 Å². The van der Waals surface area contributed by atoms with Crippen LogP contribution in [0.3, 0.4) is 0 Å². The molecule has 0 unspecified atom stereocenters. The SMILES string of the molecule is N#Cc1ccccc1S(=O)(=O)NCCNc1ccc(-n2cccc2)nn1. The molecule has 0 aliphatic heterocycles. The summed E-state index contributed by atoms with van der Waals surface area (Å²) in [4.78, 5) is -0.0293. The van der Waals surface area contributed by atoms with Crippen LogP contribution in [0.4, 0.5) is 5.82 Å². The van der Waals surface area contributed by atoms with Crippen LogP contribution < -0.4 is 10.0 Å². The first-order valence-corrected chi connectivity index (χ1v) is 9.28. The summed E-state index contributed by atoms with van der Waals surface area (Å²) in [5.74, 6) is 1.23. The standard InChI is InChI=1S/C17H16N6O2S/c18-13-14-5-1-2-6-15(14)26(24,25)20-10-9-19-16-7-8-17(22-21-16)23-11-3-4-12-23/h1-8,11-12,20H,9-10H2,(H,19,21). The third kappa shape index (κ3) is 4.05. The molecule has 0 bridgehead atoms. The molecule has 2 N–H and O–H groups in total. The fourth-order valence-electron chi connectivity index (χ4n) is 2.29. The Kier molecular flexibility index (Phi) is 5.26. The summed E-state index contributed by atoms with van der Waals surface area (Å²) >= 11 is 0. The zero-order valence-corrected chi connectivity index (χ0v) is 14.5. The molecule has 132 valence electrons. The van der Waals surface area contributed by atoms with Crippen molar-refractivity contribution in [3.05, 3.63) is 66.5 Å². The van der Waals surface area contributed by atoms with Gasteiger partial charge in [0.05, 0.1) is 10.5 Å². The van der Waals surface area contributed by atoms with Crippen molar-refractivity contribution in [3.8, 4) is 11.9 Å². The highest BCUT2D eigenvalue weighted by Crippen LogP contribution is 2.13. The third-order valence-corrected chi connectivity index (χ3v) is 5.06. The van der Waals surface area contributed by atoms with Crippen molar-refractivity contribution >= 4 is 15.8 Å². The van der Waals surface area contributed by atoms with Gasteiger partial charge in [-0.15, -0.1) is 10.2 Å². The molecule has 2 aromatic heterocycles. The smallest absolute Gasteiger partial charge is 0.241 e. The normalized spacial score (nSPS) is 11.0. The van der Waals surface area contributed by atoms with Crippen molar-refractivity contribution in [1.82, 2.24) is 19.5 Å². The van der Waals surface area contributed by atoms with Crippen molar-refractivity contribution in [3.63, 3.8) is 0 Å². The Hall–Kier alpha value is -3.22. The first-order chi connectivity index (χ1) is 12.6. The van der Waals surface area contributed by atoms with E-state index in [4.69, 9.17) is 5.26 Å². The number of aromatic nitrogens is 3. The fraction of sp³-hybridized carbons (Fsp3) is 0.118. The van der Waals surface area contributed by atoms with Gasteiger partial charge in [-0.25, -0.2) is 13.1 Å². The molecule has 1 aromatic carbocycles. The van der Waals surface area contributed by atoms with Gasteiger partial charge in [-0.3, -0.25) is 0 Å². The lowest BCUT2D eigenvalue weighted by atomic mass is 10.2. The first-order valence-electron chi connectivity index (χ1n) is 7.80. The maximum atomic E-state index is 12.3. The van der Waals surface area contributed by atoms with E-state index in [1.165, 1.54) is 12.1 Å². The maximum Gasteiger partial charge on any atom is 0.241 e. The van der Waals surface area contributed by atoms with Gasteiger partial charge in [-0.2, -0.15) is 5.26 Å². The van der Waals surface area contributed by atoms with Gasteiger partial charge >= 0.3 is 0 Å². The average Bonchev–Trinajstić information content (AvgIpc) is 3.20. The molecule has 8 nitrogen and oxygen atoms in total. The summed E-state index contributed by atoms with van der Waals surface area (Å²) in [6, 6.07) is 15.3. The van der Waals surface area contributed by atoms with E-state index >= 15 is 0 Å². The minimum atomic E-state index is -3.75. The highest BCUT2D eigenvalue weighted by molar-refractivity contribution is 7.89. The Morgan fingerprint density at radius 2 is 1.77 bits per heavy atom. The summed E-state index contributed by atoms with van der Waals surface area (Å²) in [5, 5.41) is 20.2. The van der Waals surface area contributed by atoms with E-state index in [2.05, 4.69) is 20.2 Å². The molecule has 9 heteroatoms. The molecule has 0 radical (unpaired) electrons. The second-order valence-corrected chi connectivity index (χ2v) is 7.03. The van der Waals surface area contributed by atoms with Crippen LogP contribution in [-0.2, 0) is 10.0 Å². The molecule has 0 aliphatic rings. The monoisotopic (exact) mass is 368 g/mol. The zero-order chi connectivity index (χ0) is 18.4. The Balaban J connectivity index is 1.55. The lowest BCUT2D eigenvalue weighted by Gasteiger charge is -2.09. The predicted molar refractivity (Wildman–Crippen MR) is 96.2 cm³/mol. The minimum Gasteiger partial charge on any atom is -0.367 e. The molecule has 0 atom stereocenters. The third-order valence-electron chi connectivity index (χ3n) is 3.54. The number of hydrogen-bond donors (Lipinski definition) is 2. The largest absolute Gasteiger partial charge is 0.367 e. The Bertz CT molecular complexity index is 1010.